The van der Waals surface area contributed by atoms with Crippen molar-refractivity contribution in [3.63, 3.8) is 0 Å². The Bertz CT molecular complexity index is 1520. The molecule has 35 heavy (non-hydrogen) atoms. The molecule has 0 atom stereocenters. The smallest absolute Gasteiger partial charge is 0.259 e. The molecule has 5 rings (SSSR count). The second-order valence-electron chi connectivity index (χ2n) is 7.67. The molecule has 0 bridgehead atoms. The zero-order chi connectivity index (χ0) is 24.4. The van der Waals surface area contributed by atoms with E-state index in [0.717, 1.165) is 0 Å². The van der Waals surface area contributed by atoms with Crippen molar-refractivity contribution < 1.29 is 23.3 Å². The molecule has 0 aliphatic heterocycles. The minimum Gasteiger partial charge on any atom is -0.495 e. The Hall–Kier alpha value is -4.92. The Labute approximate surface area is 199 Å². The number of aryl methyl sites for hydroxylation is 1. The highest BCUT2D eigenvalue weighted by molar-refractivity contribution is 6.13. The number of aromatic nitrogens is 2. The molecule has 0 fully saturated rings. The van der Waals surface area contributed by atoms with E-state index >= 15 is 0 Å². The van der Waals surface area contributed by atoms with E-state index in [2.05, 4.69) is 20.8 Å². The summed E-state index contributed by atoms with van der Waals surface area (Å²) in [5.41, 5.74) is 3.09. The van der Waals surface area contributed by atoms with Gasteiger partial charge in [0.05, 0.1) is 35.7 Å². The van der Waals surface area contributed by atoms with Crippen molar-refractivity contribution in [3.05, 3.63) is 89.8 Å². The highest BCUT2D eigenvalue weighted by Crippen LogP contribution is 2.28. The first-order valence-electron chi connectivity index (χ1n) is 10.7. The van der Waals surface area contributed by atoms with Gasteiger partial charge in [0.15, 0.2) is 5.76 Å². The van der Waals surface area contributed by atoms with Gasteiger partial charge < -0.3 is 24.3 Å². The number of hydrogen-bond donors (Lipinski definition) is 2. The molecule has 2 N–H and O–H groups in total. The van der Waals surface area contributed by atoms with Crippen molar-refractivity contribution in [2.24, 2.45) is 0 Å². The molecule has 0 saturated carbocycles. The Morgan fingerprint density at radius 1 is 0.943 bits per heavy atom. The van der Waals surface area contributed by atoms with Gasteiger partial charge in [-0.1, -0.05) is 17.3 Å². The summed E-state index contributed by atoms with van der Waals surface area (Å²) < 4.78 is 16.0. The molecule has 2 amide bonds. The van der Waals surface area contributed by atoms with E-state index in [-0.39, 0.29) is 17.5 Å². The van der Waals surface area contributed by atoms with Crippen molar-refractivity contribution in [3.8, 4) is 17.2 Å². The third kappa shape index (κ3) is 4.34. The van der Waals surface area contributed by atoms with Crippen LogP contribution in [-0.2, 0) is 0 Å². The first-order chi connectivity index (χ1) is 17.0. The quantitative estimate of drug-likeness (QED) is 0.347. The summed E-state index contributed by atoms with van der Waals surface area (Å²) in [5.74, 6) is 0.390. The van der Waals surface area contributed by atoms with Gasteiger partial charge in [-0.3, -0.25) is 9.59 Å². The minimum absolute atomic E-state index is 0.241. The first-order valence-corrected chi connectivity index (χ1v) is 10.7. The van der Waals surface area contributed by atoms with Crippen LogP contribution in [-0.4, -0.2) is 29.1 Å². The molecule has 0 aliphatic rings. The molecule has 0 saturated heterocycles. The zero-order valence-electron chi connectivity index (χ0n) is 18.9. The monoisotopic (exact) mass is 468 g/mol. The van der Waals surface area contributed by atoms with Gasteiger partial charge in [-0.15, -0.1) is 0 Å². The lowest BCUT2D eigenvalue weighted by molar-refractivity contribution is 0.102. The average Bonchev–Trinajstić information content (AvgIpc) is 3.55. The van der Waals surface area contributed by atoms with Gasteiger partial charge in [-0.05, 0) is 61.5 Å². The number of benzene rings is 2. The van der Waals surface area contributed by atoms with Crippen LogP contribution in [0, 0.1) is 6.92 Å². The van der Waals surface area contributed by atoms with Crippen molar-refractivity contribution >= 4 is 34.3 Å². The van der Waals surface area contributed by atoms with E-state index in [1.807, 2.05) is 6.07 Å². The van der Waals surface area contributed by atoms with E-state index in [1.165, 1.54) is 13.4 Å². The number of ether oxygens (including phenoxy) is 1. The molecular formula is C26H20N4O5. The number of furan rings is 1. The van der Waals surface area contributed by atoms with Crippen LogP contribution < -0.4 is 15.4 Å². The number of methoxy groups -OCH3 is 1. The lowest BCUT2D eigenvalue weighted by Gasteiger charge is -2.11. The van der Waals surface area contributed by atoms with Gasteiger partial charge in [-0.2, -0.15) is 0 Å². The largest absolute Gasteiger partial charge is 0.495 e. The molecule has 0 unspecified atom stereocenters. The maximum absolute atomic E-state index is 13.2. The molecule has 174 valence electrons. The number of amides is 2. The summed E-state index contributed by atoms with van der Waals surface area (Å²) >= 11 is 0. The molecule has 9 nitrogen and oxygen atoms in total. The highest BCUT2D eigenvalue weighted by atomic mass is 16.5. The lowest BCUT2D eigenvalue weighted by atomic mass is 10.1. The van der Waals surface area contributed by atoms with Gasteiger partial charge in [0.1, 0.15) is 11.4 Å². The predicted molar refractivity (Wildman–Crippen MR) is 130 cm³/mol. The second kappa shape index (κ2) is 9.14. The molecule has 3 aromatic heterocycles. The summed E-state index contributed by atoms with van der Waals surface area (Å²) in [6.45, 7) is 1.74. The summed E-state index contributed by atoms with van der Waals surface area (Å²) in [6, 6.07) is 18.8. The zero-order valence-corrected chi connectivity index (χ0v) is 18.9. The average molecular weight is 468 g/mol. The fraction of sp³-hybridized carbons (Fsp3) is 0.0769. The maximum atomic E-state index is 13.2. The first kappa shape index (κ1) is 21.9. The Balaban J connectivity index is 1.37. The van der Waals surface area contributed by atoms with Gasteiger partial charge >= 0.3 is 0 Å². The summed E-state index contributed by atoms with van der Waals surface area (Å²) in [7, 11) is 1.54. The number of carbonyl (C=O) groups is 2. The van der Waals surface area contributed by atoms with Crippen LogP contribution in [0.5, 0.6) is 5.75 Å². The minimum atomic E-state index is -0.372. The number of carbonyl (C=O) groups excluding carboxylic acids is 2. The van der Waals surface area contributed by atoms with Crippen molar-refractivity contribution in [2.45, 2.75) is 6.92 Å². The molecular weight excluding hydrogens is 448 g/mol. The van der Waals surface area contributed by atoms with Crippen LogP contribution in [0.15, 0.2) is 81.9 Å². The van der Waals surface area contributed by atoms with Crippen LogP contribution in [0.2, 0.25) is 0 Å². The van der Waals surface area contributed by atoms with E-state index in [0.29, 0.717) is 50.8 Å². The van der Waals surface area contributed by atoms with Crippen LogP contribution in [0.3, 0.4) is 0 Å². The van der Waals surface area contributed by atoms with Gasteiger partial charge in [0.25, 0.3) is 17.5 Å². The number of para-hydroxylation sites is 2. The fourth-order valence-electron chi connectivity index (χ4n) is 3.67. The van der Waals surface area contributed by atoms with E-state index in [1.54, 1.807) is 67.6 Å². The van der Waals surface area contributed by atoms with Crippen molar-refractivity contribution in [1.29, 1.82) is 0 Å². The van der Waals surface area contributed by atoms with E-state index in [4.69, 9.17) is 13.7 Å². The van der Waals surface area contributed by atoms with Crippen LogP contribution >= 0.6 is 0 Å². The van der Waals surface area contributed by atoms with E-state index in [9.17, 15) is 9.59 Å². The third-order valence-electron chi connectivity index (χ3n) is 5.40. The molecule has 0 aliphatic carbocycles. The molecule has 5 aromatic rings. The number of rotatable bonds is 6. The molecule has 9 heteroatoms. The Kier molecular flexibility index (Phi) is 5.72. The predicted octanol–water partition coefficient (Wildman–Crippen LogP) is 5.30. The number of pyridine rings is 1. The van der Waals surface area contributed by atoms with E-state index < -0.39 is 0 Å². The molecule has 0 radical (unpaired) electrons. The molecule has 0 spiro atoms. The summed E-state index contributed by atoms with van der Waals surface area (Å²) in [6.07, 6.45) is 1.53. The second-order valence-corrected chi connectivity index (χ2v) is 7.67. The summed E-state index contributed by atoms with van der Waals surface area (Å²) in [4.78, 5) is 30.3. The van der Waals surface area contributed by atoms with Crippen LogP contribution in [0.25, 0.3) is 22.6 Å². The third-order valence-corrected chi connectivity index (χ3v) is 5.40. The number of fused-ring (bicyclic) bond motifs is 1. The maximum Gasteiger partial charge on any atom is 0.259 e. The van der Waals surface area contributed by atoms with Crippen LogP contribution in [0.4, 0.5) is 11.4 Å². The SMILES string of the molecule is COc1ccccc1NC(=O)c1ccc(NC(=O)c2cc(-c3ccco3)nc3onc(C)c23)cc1. The Morgan fingerprint density at radius 3 is 2.49 bits per heavy atom. The number of hydrogen-bond acceptors (Lipinski definition) is 7. The van der Waals surface area contributed by atoms with Crippen molar-refractivity contribution in [2.75, 3.05) is 17.7 Å². The fourth-order valence-corrected chi connectivity index (χ4v) is 3.67. The highest BCUT2D eigenvalue weighted by Gasteiger charge is 2.20. The number of anilines is 2. The molecule has 3 heterocycles. The van der Waals surface area contributed by atoms with Crippen molar-refractivity contribution in [1.82, 2.24) is 10.1 Å². The Morgan fingerprint density at radius 2 is 1.74 bits per heavy atom. The number of nitrogens with one attached hydrogen (secondary N) is 2. The van der Waals surface area contributed by atoms with Gasteiger partial charge in [-0.25, -0.2) is 4.98 Å². The lowest BCUT2D eigenvalue weighted by Crippen LogP contribution is -2.14. The summed E-state index contributed by atoms with van der Waals surface area (Å²) in [5, 5.41) is 10.1. The standard InChI is InChI=1S/C26H20N4O5/c1-15-23-18(14-20(22-8-5-13-34-22)29-26(23)35-30-15)25(32)27-17-11-9-16(10-12-17)24(31)28-19-6-3-4-7-21(19)33-2/h3-14H,1-2H3,(H,27,32)(H,28,31). The van der Waals surface area contributed by atoms with Crippen LogP contribution in [0.1, 0.15) is 26.4 Å². The molecule has 2 aromatic carbocycles. The topological polar surface area (TPSA) is 119 Å². The number of nitrogens with zero attached hydrogens (tertiary/aromatic N) is 2. The van der Waals surface area contributed by atoms with Gasteiger partial charge in [0, 0.05) is 11.3 Å². The normalized spacial score (nSPS) is 10.8. The van der Waals surface area contributed by atoms with Gasteiger partial charge in [0.2, 0.25) is 0 Å².